The normalized spacial score (nSPS) is 15.1. The second-order valence-electron chi connectivity index (χ2n) is 10.6. The maximum absolute atomic E-state index is 14.1. The largest absolute Gasteiger partial charge is 0.507 e. The van der Waals surface area contributed by atoms with Crippen molar-refractivity contribution in [3.8, 4) is 40.1 Å². The Kier molecular flexibility index (Phi) is 5.62. The molecule has 37 heavy (non-hydrogen) atoms. The zero-order valence-corrected chi connectivity index (χ0v) is 21.8. The molecule has 192 valence electrons. The van der Waals surface area contributed by atoms with Crippen molar-refractivity contribution >= 4 is 17.0 Å². The van der Waals surface area contributed by atoms with E-state index in [0.717, 1.165) is 11.1 Å². The molecule has 2 aromatic carbocycles. The molecule has 7 nitrogen and oxygen atoms in total. The zero-order valence-electron chi connectivity index (χ0n) is 21.8. The molecule has 0 radical (unpaired) electrons. The highest BCUT2D eigenvalue weighted by atomic mass is 16.5. The van der Waals surface area contributed by atoms with Crippen molar-refractivity contribution in [2.24, 2.45) is 0 Å². The number of aromatic hydroxyl groups is 3. The average Bonchev–Trinajstić information content (AvgIpc) is 2.96. The number of phenols is 3. The molecule has 1 aromatic heterocycles. The molecule has 3 N–H and O–H groups in total. The first-order valence-corrected chi connectivity index (χ1v) is 12.2. The molecule has 0 aliphatic carbocycles. The summed E-state index contributed by atoms with van der Waals surface area (Å²) in [4.78, 5) is 14.1. The first-order chi connectivity index (χ1) is 17.4. The number of allylic oxidation sites excluding steroid dienone is 4. The Morgan fingerprint density at radius 2 is 1.78 bits per heavy atom. The smallest absolute Gasteiger partial charge is 0.200 e. The summed E-state index contributed by atoms with van der Waals surface area (Å²) in [5.41, 5.74) is 2.76. The van der Waals surface area contributed by atoms with E-state index < -0.39 is 11.0 Å². The van der Waals surface area contributed by atoms with E-state index >= 15 is 0 Å². The van der Waals surface area contributed by atoms with Gasteiger partial charge in [-0.2, -0.15) is 0 Å². The fraction of sp³-hybridized carbons (Fsp3) is 0.300. The third-order valence-electron chi connectivity index (χ3n) is 6.67. The first kappa shape index (κ1) is 24.6. The lowest BCUT2D eigenvalue weighted by Gasteiger charge is -2.30. The van der Waals surface area contributed by atoms with E-state index in [2.05, 4.69) is 0 Å². The van der Waals surface area contributed by atoms with Gasteiger partial charge in [-0.15, -0.1) is 0 Å². The van der Waals surface area contributed by atoms with Crippen molar-refractivity contribution in [2.45, 2.75) is 60.0 Å². The second kappa shape index (κ2) is 8.47. The molecule has 0 saturated carbocycles. The highest BCUT2D eigenvalue weighted by Gasteiger charge is 2.33. The van der Waals surface area contributed by atoms with E-state index in [9.17, 15) is 20.1 Å². The Hall–Kier alpha value is -4.13. The molecule has 2 aliphatic heterocycles. The summed E-state index contributed by atoms with van der Waals surface area (Å²) in [7, 11) is 0. The number of fused-ring (bicyclic) bond motifs is 6. The standard InChI is InChI=1S/C30H30O7/c1-14(2)7-8-16-25(33)24-26(34)19-12-22(15(3)4)35-23-13-21(32)20(31)11-18(23)27(19)36-29(24)17-9-10-30(5,6)37-28(16)17/h7,9-11,13,31-33H,8,12H2,1-6H3. The van der Waals surface area contributed by atoms with Crippen molar-refractivity contribution in [1.82, 2.24) is 0 Å². The zero-order chi connectivity index (χ0) is 26.8. The maximum Gasteiger partial charge on any atom is 0.200 e. The minimum Gasteiger partial charge on any atom is -0.507 e. The molecule has 5 rings (SSSR count). The fourth-order valence-corrected chi connectivity index (χ4v) is 4.65. The third-order valence-corrected chi connectivity index (χ3v) is 6.67. The minimum atomic E-state index is -0.624. The van der Waals surface area contributed by atoms with Crippen LogP contribution in [0.1, 0.15) is 58.2 Å². The van der Waals surface area contributed by atoms with Crippen LogP contribution >= 0.6 is 0 Å². The third kappa shape index (κ3) is 4.04. The summed E-state index contributed by atoms with van der Waals surface area (Å²) in [6.45, 7) is 11.5. The van der Waals surface area contributed by atoms with Crippen LogP contribution < -0.4 is 14.9 Å². The number of rotatable bonds is 2. The van der Waals surface area contributed by atoms with Gasteiger partial charge in [0.25, 0.3) is 0 Å². The molecule has 7 heteroatoms. The number of benzene rings is 2. The molecule has 0 saturated heterocycles. The Morgan fingerprint density at radius 1 is 1.08 bits per heavy atom. The summed E-state index contributed by atoms with van der Waals surface area (Å²) in [5, 5.41) is 32.0. The highest BCUT2D eigenvalue weighted by molar-refractivity contribution is 5.97. The van der Waals surface area contributed by atoms with Gasteiger partial charge in [-0.05, 0) is 71.8 Å². The van der Waals surface area contributed by atoms with Gasteiger partial charge >= 0.3 is 0 Å². The molecule has 3 heterocycles. The van der Waals surface area contributed by atoms with Crippen LogP contribution in [0.3, 0.4) is 0 Å². The summed E-state index contributed by atoms with van der Waals surface area (Å²) < 4.78 is 18.8. The number of ether oxygens (including phenoxy) is 2. The van der Waals surface area contributed by atoms with Gasteiger partial charge in [-0.1, -0.05) is 11.6 Å². The fourth-order valence-electron chi connectivity index (χ4n) is 4.65. The molecule has 0 bridgehead atoms. The van der Waals surface area contributed by atoms with E-state index in [1.54, 1.807) is 0 Å². The van der Waals surface area contributed by atoms with E-state index in [1.807, 2.05) is 59.8 Å². The van der Waals surface area contributed by atoms with E-state index in [0.29, 0.717) is 34.6 Å². The molecule has 0 spiro atoms. The van der Waals surface area contributed by atoms with E-state index in [4.69, 9.17) is 13.9 Å². The topological polar surface area (TPSA) is 109 Å². The van der Waals surface area contributed by atoms with Crippen LogP contribution in [0.25, 0.3) is 28.4 Å². The number of phenolic OH excluding ortho intramolecular Hbond substituents is 3. The van der Waals surface area contributed by atoms with Gasteiger partial charge in [0.2, 0.25) is 5.43 Å². The lowest BCUT2D eigenvalue weighted by atomic mass is 9.93. The van der Waals surface area contributed by atoms with E-state index in [1.165, 1.54) is 12.1 Å². The van der Waals surface area contributed by atoms with Gasteiger partial charge in [-0.25, -0.2) is 0 Å². The van der Waals surface area contributed by atoms with Crippen molar-refractivity contribution in [1.29, 1.82) is 0 Å². The molecule has 0 amide bonds. The molecule has 2 aliphatic rings. The number of hydrogen-bond donors (Lipinski definition) is 3. The van der Waals surface area contributed by atoms with Gasteiger partial charge in [0.1, 0.15) is 39.8 Å². The molecular formula is C30H30O7. The van der Waals surface area contributed by atoms with Crippen LogP contribution in [0.5, 0.6) is 28.7 Å². The second-order valence-corrected chi connectivity index (χ2v) is 10.6. The molecule has 0 atom stereocenters. The van der Waals surface area contributed by atoms with Crippen molar-refractivity contribution in [3.63, 3.8) is 0 Å². The molecule has 3 aromatic rings. The summed E-state index contributed by atoms with van der Waals surface area (Å²) in [6.07, 6.45) is 6.20. The van der Waals surface area contributed by atoms with Gasteiger partial charge in [-0.3, -0.25) is 4.79 Å². The average molecular weight is 503 g/mol. The summed E-state index contributed by atoms with van der Waals surface area (Å²) in [5.74, 6) is 0.534. The van der Waals surface area contributed by atoms with Crippen LogP contribution in [0.2, 0.25) is 0 Å². The molecular weight excluding hydrogens is 472 g/mol. The quantitative estimate of drug-likeness (QED) is 0.271. The first-order valence-electron chi connectivity index (χ1n) is 12.2. The summed E-state index contributed by atoms with van der Waals surface area (Å²) in [6, 6.07) is 2.62. The van der Waals surface area contributed by atoms with E-state index in [-0.39, 0.29) is 51.7 Å². The van der Waals surface area contributed by atoms with Crippen LogP contribution in [0.15, 0.2) is 50.4 Å². The summed E-state index contributed by atoms with van der Waals surface area (Å²) >= 11 is 0. The van der Waals surface area contributed by atoms with Crippen molar-refractivity contribution in [3.05, 3.63) is 68.1 Å². The van der Waals surface area contributed by atoms with Gasteiger partial charge < -0.3 is 29.2 Å². The highest BCUT2D eigenvalue weighted by Crippen LogP contribution is 2.48. The van der Waals surface area contributed by atoms with Gasteiger partial charge in [0.05, 0.1) is 16.7 Å². The molecule has 0 unspecified atom stereocenters. The van der Waals surface area contributed by atoms with Crippen LogP contribution in [-0.4, -0.2) is 20.9 Å². The van der Waals surface area contributed by atoms with Crippen molar-refractivity contribution < 1.29 is 29.2 Å². The molecule has 0 fully saturated rings. The van der Waals surface area contributed by atoms with Crippen LogP contribution in [-0.2, 0) is 12.8 Å². The SMILES string of the molecule is CC(C)=CCc1c2c(c3oc4c(c(=O)c3c1O)CC(=C(C)C)Oc1cc(O)c(O)cc1-4)C=CC(C)(C)O2. The van der Waals surface area contributed by atoms with Gasteiger partial charge in [0.15, 0.2) is 17.1 Å². The maximum atomic E-state index is 14.1. The van der Waals surface area contributed by atoms with Crippen LogP contribution in [0, 0.1) is 0 Å². The Bertz CT molecular complexity index is 1620. The Labute approximate surface area is 214 Å². The minimum absolute atomic E-state index is 0.0715. The predicted octanol–water partition coefficient (Wildman–Crippen LogP) is 6.50. The Morgan fingerprint density at radius 3 is 2.46 bits per heavy atom. The predicted molar refractivity (Wildman–Crippen MR) is 142 cm³/mol. The lowest BCUT2D eigenvalue weighted by Crippen LogP contribution is -2.28. The number of hydrogen-bond acceptors (Lipinski definition) is 7. The monoisotopic (exact) mass is 502 g/mol. The van der Waals surface area contributed by atoms with Crippen LogP contribution in [0.4, 0.5) is 0 Å². The Balaban J connectivity index is 1.93. The van der Waals surface area contributed by atoms with Crippen molar-refractivity contribution in [2.75, 3.05) is 0 Å². The van der Waals surface area contributed by atoms with Gasteiger partial charge in [0, 0.05) is 18.1 Å². The lowest BCUT2D eigenvalue weighted by molar-refractivity contribution is 0.157.